The third kappa shape index (κ3) is 5.11. The molecule has 9 heteroatoms. The van der Waals surface area contributed by atoms with Gasteiger partial charge in [0.15, 0.2) is 5.82 Å². The van der Waals surface area contributed by atoms with Crippen molar-refractivity contribution in [1.29, 1.82) is 0 Å². The molecule has 0 radical (unpaired) electrons. The lowest BCUT2D eigenvalue weighted by molar-refractivity contribution is -0.143. The molecular weight excluding hydrogens is 416 g/mol. The molecule has 164 valence electrons. The number of carbonyl (C=O) groups excluding carboxylic acids is 2. The Morgan fingerprint density at radius 1 is 1.23 bits per heavy atom. The van der Waals surface area contributed by atoms with E-state index in [4.69, 9.17) is 9.26 Å². The van der Waals surface area contributed by atoms with E-state index in [1.807, 2.05) is 53.8 Å². The molecule has 0 aliphatic carbocycles. The van der Waals surface area contributed by atoms with Gasteiger partial charge < -0.3 is 24.0 Å². The molecule has 31 heavy (non-hydrogen) atoms. The minimum atomic E-state index is -0.164. The van der Waals surface area contributed by atoms with Crippen LogP contribution in [-0.2, 0) is 20.9 Å². The summed E-state index contributed by atoms with van der Waals surface area (Å²) in [5.41, 5.74) is 0.972. The number of nitrogens with one attached hydrogen (secondary N) is 1. The lowest BCUT2D eigenvalue weighted by Crippen LogP contribution is -2.49. The van der Waals surface area contributed by atoms with E-state index in [-0.39, 0.29) is 36.3 Å². The topological polar surface area (TPSA) is 89.6 Å². The van der Waals surface area contributed by atoms with E-state index in [2.05, 4.69) is 10.5 Å². The van der Waals surface area contributed by atoms with Crippen molar-refractivity contribution in [3.8, 4) is 0 Å². The van der Waals surface area contributed by atoms with Crippen molar-refractivity contribution in [3.63, 3.8) is 0 Å². The Kier molecular flexibility index (Phi) is 6.33. The Bertz CT molecular complexity index is 1080. The number of benzene rings is 1. The average molecular weight is 443 g/mol. The fourth-order valence-electron chi connectivity index (χ4n) is 3.83. The number of fused-ring (bicyclic) bond motifs is 1. The van der Waals surface area contributed by atoms with Crippen molar-refractivity contribution in [3.05, 3.63) is 42.3 Å². The Labute approximate surface area is 184 Å². The Hall–Kier alpha value is -2.78. The van der Waals surface area contributed by atoms with Crippen molar-refractivity contribution in [1.82, 2.24) is 14.6 Å². The van der Waals surface area contributed by atoms with Crippen molar-refractivity contribution in [2.45, 2.75) is 44.4 Å². The van der Waals surface area contributed by atoms with Crippen LogP contribution in [0.5, 0.6) is 0 Å². The number of hydrogen-bond donors (Lipinski definition) is 1. The van der Waals surface area contributed by atoms with Crippen LogP contribution in [0.3, 0.4) is 0 Å². The van der Waals surface area contributed by atoms with Crippen LogP contribution in [-0.4, -0.2) is 57.5 Å². The quantitative estimate of drug-likeness (QED) is 0.589. The van der Waals surface area contributed by atoms with E-state index < -0.39 is 0 Å². The summed E-state index contributed by atoms with van der Waals surface area (Å²) in [6.45, 7) is 7.20. The molecule has 3 heterocycles. The molecule has 0 saturated carbocycles. The minimum absolute atomic E-state index is 0.0345. The second kappa shape index (κ2) is 9.15. The van der Waals surface area contributed by atoms with Crippen LogP contribution >= 0.6 is 11.8 Å². The van der Waals surface area contributed by atoms with Crippen molar-refractivity contribution in [2.75, 3.05) is 24.2 Å². The second-order valence-electron chi connectivity index (χ2n) is 7.85. The van der Waals surface area contributed by atoms with E-state index in [0.717, 1.165) is 15.8 Å². The summed E-state index contributed by atoms with van der Waals surface area (Å²) in [6, 6.07) is 9.59. The van der Waals surface area contributed by atoms with E-state index in [0.29, 0.717) is 24.7 Å². The largest absolute Gasteiger partial charge is 0.372 e. The average Bonchev–Trinajstić information content (AvgIpc) is 3.29. The molecule has 4 rings (SSSR count). The third-order valence-electron chi connectivity index (χ3n) is 5.08. The number of rotatable bonds is 6. The summed E-state index contributed by atoms with van der Waals surface area (Å²) in [6.07, 6.45) is 2.02. The van der Waals surface area contributed by atoms with E-state index in [1.54, 1.807) is 13.0 Å². The summed E-state index contributed by atoms with van der Waals surface area (Å²) < 4.78 is 12.7. The van der Waals surface area contributed by atoms with Crippen LogP contribution in [0, 0.1) is 6.92 Å². The molecule has 1 N–H and O–H groups in total. The predicted molar refractivity (Wildman–Crippen MR) is 119 cm³/mol. The van der Waals surface area contributed by atoms with Gasteiger partial charge in [-0.15, -0.1) is 11.8 Å². The maximum Gasteiger partial charge on any atom is 0.242 e. The first-order valence-corrected chi connectivity index (χ1v) is 11.2. The zero-order valence-corrected chi connectivity index (χ0v) is 18.6. The molecule has 1 aromatic carbocycles. The lowest BCUT2D eigenvalue weighted by Gasteiger charge is -2.35. The standard InChI is InChI=1S/C22H26N4O4S/c1-14-8-20(24-30-14)23-21(27)13-31-19-11-25(18-7-5-4-6-17(18)19)12-22(28)26-9-15(2)29-16(3)10-26/h4-8,11,15-16H,9-10,12-13H2,1-3H3,(H,23,24,27)/t15-,16-/m1/s1. The normalized spacial score (nSPS) is 19.0. The van der Waals surface area contributed by atoms with E-state index in [9.17, 15) is 9.59 Å². The number of para-hydroxylation sites is 1. The maximum atomic E-state index is 12.9. The molecule has 0 unspecified atom stereocenters. The number of hydrogen-bond acceptors (Lipinski definition) is 6. The van der Waals surface area contributed by atoms with Crippen LogP contribution in [0.2, 0.25) is 0 Å². The van der Waals surface area contributed by atoms with Crippen molar-refractivity contribution >= 4 is 40.3 Å². The van der Waals surface area contributed by atoms with Crippen LogP contribution in [0.25, 0.3) is 10.9 Å². The van der Waals surface area contributed by atoms with Crippen molar-refractivity contribution in [2.24, 2.45) is 0 Å². The lowest BCUT2D eigenvalue weighted by atomic mass is 10.2. The molecule has 1 aliphatic rings. The highest BCUT2D eigenvalue weighted by Crippen LogP contribution is 2.30. The molecule has 0 bridgehead atoms. The first kappa shape index (κ1) is 21.5. The molecule has 1 aliphatic heterocycles. The Balaban J connectivity index is 1.45. The number of carbonyl (C=O) groups is 2. The highest BCUT2D eigenvalue weighted by molar-refractivity contribution is 8.00. The SMILES string of the molecule is Cc1cc(NC(=O)CSc2cn(CC(=O)N3C[C@@H](C)O[C@H](C)C3)c3ccccc23)no1. The first-order valence-electron chi connectivity index (χ1n) is 10.3. The van der Waals surface area contributed by atoms with Crippen LogP contribution < -0.4 is 5.32 Å². The number of morpholine rings is 1. The van der Waals surface area contributed by atoms with Crippen LogP contribution in [0.15, 0.2) is 45.9 Å². The van der Waals surface area contributed by atoms with Gasteiger partial charge in [0.2, 0.25) is 11.8 Å². The number of nitrogens with zero attached hydrogens (tertiary/aromatic N) is 3. The van der Waals surface area contributed by atoms with Gasteiger partial charge >= 0.3 is 0 Å². The number of aromatic nitrogens is 2. The van der Waals surface area contributed by atoms with Gasteiger partial charge in [-0.25, -0.2) is 0 Å². The summed E-state index contributed by atoms with van der Waals surface area (Å²) in [7, 11) is 0. The first-order chi connectivity index (χ1) is 14.9. The predicted octanol–water partition coefficient (Wildman–Crippen LogP) is 3.30. The monoisotopic (exact) mass is 442 g/mol. The zero-order valence-electron chi connectivity index (χ0n) is 17.8. The van der Waals surface area contributed by atoms with Gasteiger partial charge in [-0.3, -0.25) is 9.59 Å². The number of ether oxygens (including phenoxy) is 1. The fraction of sp³-hybridized carbons (Fsp3) is 0.409. The van der Waals surface area contributed by atoms with Crippen LogP contribution in [0.4, 0.5) is 5.82 Å². The summed E-state index contributed by atoms with van der Waals surface area (Å²) in [4.78, 5) is 28.1. The van der Waals surface area contributed by atoms with Crippen molar-refractivity contribution < 1.29 is 18.8 Å². The number of amides is 2. The Morgan fingerprint density at radius 2 is 1.97 bits per heavy atom. The molecule has 2 aromatic heterocycles. The summed E-state index contributed by atoms with van der Waals surface area (Å²) >= 11 is 1.43. The molecular formula is C22H26N4O4S. The smallest absolute Gasteiger partial charge is 0.242 e. The second-order valence-corrected chi connectivity index (χ2v) is 8.87. The number of aryl methyl sites for hydroxylation is 1. The van der Waals surface area contributed by atoms with E-state index >= 15 is 0 Å². The maximum absolute atomic E-state index is 12.9. The van der Waals surface area contributed by atoms with Gasteiger partial charge in [0.25, 0.3) is 0 Å². The van der Waals surface area contributed by atoms with Gasteiger partial charge in [0, 0.05) is 41.2 Å². The van der Waals surface area contributed by atoms with Gasteiger partial charge in [-0.1, -0.05) is 23.4 Å². The number of anilines is 1. The van der Waals surface area contributed by atoms with Gasteiger partial charge in [0.05, 0.1) is 18.0 Å². The molecule has 1 fully saturated rings. The minimum Gasteiger partial charge on any atom is -0.372 e. The van der Waals surface area contributed by atoms with Gasteiger partial charge in [-0.2, -0.15) is 0 Å². The zero-order chi connectivity index (χ0) is 22.0. The molecule has 1 saturated heterocycles. The summed E-state index contributed by atoms with van der Waals surface area (Å²) in [5, 5.41) is 7.53. The molecule has 8 nitrogen and oxygen atoms in total. The molecule has 3 aromatic rings. The molecule has 2 amide bonds. The van der Waals surface area contributed by atoms with Gasteiger partial charge in [0.1, 0.15) is 12.3 Å². The number of thioether (sulfide) groups is 1. The third-order valence-corrected chi connectivity index (χ3v) is 6.13. The molecule has 0 spiro atoms. The highest BCUT2D eigenvalue weighted by atomic mass is 32.2. The molecule has 2 atom stereocenters. The highest BCUT2D eigenvalue weighted by Gasteiger charge is 2.26. The van der Waals surface area contributed by atoms with Crippen LogP contribution in [0.1, 0.15) is 19.6 Å². The fourth-order valence-corrected chi connectivity index (χ4v) is 4.72. The van der Waals surface area contributed by atoms with E-state index in [1.165, 1.54) is 11.8 Å². The Morgan fingerprint density at radius 3 is 2.68 bits per heavy atom. The van der Waals surface area contributed by atoms with Gasteiger partial charge in [-0.05, 0) is 26.8 Å². The summed E-state index contributed by atoms with van der Waals surface area (Å²) in [5.74, 6) is 1.18.